The summed E-state index contributed by atoms with van der Waals surface area (Å²) in [5.74, 6) is 0.542. The summed E-state index contributed by atoms with van der Waals surface area (Å²) in [6.07, 6.45) is 4.91. The standard InChI is InChI=1S/C9H19N3O/c1-11-9(10)12-7-3-5-8(13-2)6-4-7/h7-8H,3-6H2,1-2H3,(H3,10,11,12). The molecule has 0 aromatic heterocycles. The molecule has 1 rings (SSSR count). The van der Waals surface area contributed by atoms with Crippen LogP contribution in [0.2, 0.25) is 0 Å². The van der Waals surface area contributed by atoms with E-state index >= 15 is 0 Å². The van der Waals surface area contributed by atoms with Gasteiger partial charge in [-0.1, -0.05) is 0 Å². The Morgan fingerprint density at radius 1 is 1.38 bits per heavy atom. The van der Waals surface area contributed by atoms with E-state index in [1.165, 1.54) is 0 Å². The summed E-state index contributed by atoms with van der Waals surface area (Å²) < 4.78 is 5.28. The van der Waals surface area contributed by atoms with Gasteiger partial charge in [-0.25, -0.2) is 0 Å². The SMILES string of the molecule is CN=C(N)NC1CCC(OC)CC1. The van der Waals surface area contributed by atoms with E-state index < -0.39 is 0 Å². The maximum atomic E-state index is 5.58. The van der Waals surface area contributed by atoms with Crippen LogP contribution < -0.4 is 11.1 Å². The van der Waals surface area contributed by atoms with Crippen LogP contribution >= 0.6 is 0 Å². The van der Waals surface area contributed by atoms with Gasteiger partial charge in [0.05, 0.1) is 6.10 Å². The quantitative estimate of drug-likeness (QED) is 0.486. The Bertz CT molecular complexity index is 174. The fourth-order valence-corrected chi connectivity index (χ4v) is 1.72. The maximum absolute atomic E-state index is 5.58. The summed E-state index contributed by atoms with van der Waals surface area (Å²) in [4.78, 5) is 3.87. The van der Waals surface area contributed by atoms with Crippen LogP contribution in [0.5, 0.6) is 0 Å². The van der Waals surface area contributed by atoms with Crippen LogP contribution in [0.4, 0.5) is 0 Å². The Morgan fingerprint density at radius 3 is 2.46 bits per heavy atom. The molecule has 0 atom stereocenters. The van der Waals surface area contributed by atoms with E-state index in [-0.39, 0.29) is 0 Å². The van der Waals surface area contributed by atoms with Crippen molar-refractivity contribution in [2.45, 2.75) is 37.8 Å². The molecule has 0 amide bonds. The van der Waals surface area contributed by atoms with Crippen molar-refractivity contribution in [1.29, 1.82) is 0 Å². The molecule has 13 heavy (non-hydrogen) atoms. The van der Waals surface area contributed by atoms with Crippen molar-refractivity contribution in [2.24, 2.45) is 10.7 Å². The average Bonchev–Trinajstić information content (AvgIpc) is 2.19. The summed E-state index contributed by atoms with van der Waals surface area (Å²) in [7, 11) is 3.48. The molecule has 0 aliphatic heterocycles. The van der Waals surface area contributed by atoms with Crippen molar-refractivity contribution >= 4 is 5.96 Å². The minimum Gasteiger partial charge on any atom is -0.381 e. The molecule has 1 fully saturated rings. The van der Waals surface area contributed by atoms with Gasteiger partial charge in [-0.05, 0) is 25.7 Å². The molecule has 1 aliphatic rings. The number of nitrogens with one attached hydrogen (secondary N) is 1. The second-order valence-electron chi connectivity index (χ2n) is 3.46. The Morgan fingerprint density at radius 2 is 2.00 bits per heavy atom. The first-order valence-electron chi connectivity index (χ1n) is 4.78. The zero-order valence-corrected chi connectivity index (χ0v) is 8.42. The molecular formula is C9H19N3O. The summed E-state index contributed by atoms with van der Waals surface area (Å²) in [5.41, 5.74) is 5.58. The second-order valence-corrected chi connectivity index (χ2v) is 3.46. The van der Waals surface area contributed by atoms with E-state index in [0.29, 0.717) is 18.1 Å². The van der Waals surface area contributed by atoms with E-state index in [1.54, 1.807) is 14.2 Å². The highest BCUT2D eigenvalue weighted by Gasteiger charge is 2.20. The van der Waals surface area contributed by atoms with Crippen LogP contribution in [0.3, 0.4) is 0 Å². The molecule has 0 radical (unpaired) electrons. The maximum Gasteiger partial charge on any atom is 0.188 e. The van der Waals surface area contributed by atoms with Crippen LogP contribution in [0.25, 0.3) is 0 Å². The molecule has 4 heteroatoms. The summed E-state index contributed by atoms with van der Waals surface area (Å²) >= 11 is 0. The minimum absolute atomic E-state index is 0.442. The van der Waals surface area contributed by atoms with Crippen molar-refractivity contribution < 1.29 is 4.74 Å². The van der Waals surface area contributed by atoms with Crippen molar-refractivity contribution in [3.63, 3.8) is 0 Å². The zero-order chi connectivity index (χ0) is 9.68. The Balaban J connectivity index is 2.25. The number of ether oxygens (including phenoxy) is 1. The molecule has 0 saturated heterocycles. The van der Waals surface area contributed by atoms with Gasteiger partial charge in [0.25, 0.3) is 0 Å². The van der Waals surface area contributed by atoms with Gasteiger partial charge in [0.2, 0.25) is 0 Å². The molecule has 76 valence electrons. The lowest BCUT2D eigenvalue weighted by molar-refractivity contribution is 0.0645. The summed E-state index contributed by atoms with van der Waals surface area (Å²) in [6, 6.07) is 0.482. The average molecular weight is 185 g/mol. The van der Waals surface area contributed by atoms with Crippen molar-refractivity contribution in [1.82, 2.24) is 5.32 Å². The largest absolute Gasteiger partial charge is 0.381 e. The third-order valence-corrected chi connectivity index (χ3v) is 2.60. The summed E-state index contributed by atoms with van der Waals surface area (Å²) in [5, 5.41) is 3.19. The lowest BCUT2D eigenvalue weighted by Gasteiger charge is -2.28. The van der Waals surface area contributed by atoms with Gasteiger partial charge in [0.15, 0.2) is 5.96 Å². The van der Waals surface area contributed by atoms with Crippen LogP contribution in [0.1, 0.15) is 25.7 Å². The van der Waals surface area contributed by atoms with E-state index in [9.17, 15) is 0 Å². The number of methoxy groups -OCH3 is 1. The molecule has 0 heterocycles. The van der Waals surface area contributed by atoms with Gasteiger partial charge >= 0.3 is 0 Å². The topological polar surface area (TPSA) is 59.6 Å². The number of aliphatic imine (C=N–C) groups is 1. The minimum atomic E-state index is 0.442. The van der Waals surface area contributed by atoms with E-state index in [1.807, 2.05) is 0 Å². The molecule has 0 bridgehead atoms. The number of nitrogens with two attached hydrogens (primary N) is 1. The monoisotopic (exact) mass is 185 g/mol. The molecule has 0 spiro atoms. The first-order valence-corrected chi connectivity index (χ1v) is 4.78. The molecule has 1 saturated carbocycles. The second kappa shape index (κ2) is 5.07. The first kappa shape index (κ1) is 10.3. The highest BCUT2D eigenvalue weighted by Crippen LogP contribution is 2.20. The van der Waals surface area contributed by atoms with Crippen LogP contribution in [-0.2, 0) is 4.74 Å². The zero-order valence-electron chi connectivity index (χ0n) is 8.42. The van der Waals surface area contributed by atoms with Crippen LogP contribution in [0, 0.1) is 0 Å². The number of hydrogen-bond acceptors (Lipinski definition) is 2. The van der Waals surface area contributed by atoms with Crippen molar-refractivity contribution in [3.05, 3.63) is 0 Å². The molecule has 0 aromatic carbocycles. The van der Waals surface area contributed by atoms with Gasteiger partial charge in [0, 0.05) is 20.2 Å². The summed E-state index contributed by atoms with van der Waals surface area (Å²) in [6.45, 7) is 0. The normalized spacial score (nSPS) is 30.2. The lowest BCUT2D eigenvalue weighted by atomic mass is 9.93. The highest BCUT2D eigenvalue weighted by atomic mass is 16.5. The third kappa shape index (κ3) is 3.22. The van der Waals surface area contributed by atoms with Gasteiger partial charge in [-0.2, -0.15) is 0 Å². The molecule has 1 aliphatic carbocycles. The Kier molecular flexibility index (Phi) is 4.02. The van der Waals surface area contributed by atoms with Crippen LogP contribution in [0.15, 0.2) is 4.99 Å². The van der Waals surface area contributed by atoms with Crippen molar-refractivity contribution in [2.75, 3.05) is 14.2 Å². The highest BCUT2D eigenvalue weighted by molar-refractivity contribution is 5.77. The lowest BCUT2D eigenvalue weighted by Crippen LogP contribution is -2.42. The fourth-order valence-electron chi connectivity index (χ4n) is 1.72. The number of hydrogen-bond donors (Lipinski definition) is 2. The molecule has 0 unspecified atom stereocenters. The van der Waals surface area contributed by atoms with Gasteiger partial charge in [-0.3, -0.25) is 4.99 Å². The first-order chi connectivity index (χ1) is 6.26. The fraction of sp³-hybridized carbons (Fsp3) is 0.889. The molecule has 3 N–H and O–H groups in total. The third-order valence-electron chi connectivity index (χ3n) is 2.60. The number of guanidine groups is 1. The van der Waals surface area contributed by atoms with Crippen molar-refractivity contribution in [3.8, 4) is 0 Å². The molecule has 4 nitrogen and oxygen atoms in total. The molecule has 0 aromatic rings. The van der Waals surface area contributed by atoms with E-state index in [0.717, 1.165) is 25.7 Å². The number of rotatable bonds is 2. The predicted molar refractivity (Wildman–Crippen MR) is 53.7 cm³/mol. The van der Waals surface area contributed by atoms with E-state index in [4.69, 9.17) is 10.5 Å². The Hall–Kier alpha value is -0.770. The molecular weight excluding hydrogens is 166 g/mol. The van der Waals surface area contributed by atoms with Gasteiger partial charge in [0.1, 0.15) is 0 Å². The number of nitrogens with zero attached hydrogens (tertiary/aromatic N) is 1. The Labute approximate surface area is 79.6 Å². The smallest absolute Gasteiger partial charge is 0.188 e. The predicted octanol–water partition coefficient (Wildman–Crippen LogP) is 0.478. The van der Waals surface area contributed by atoms with Gasteiger partial charge < -0.3 is 15.8 Å². The van der Waals surface area contributed by atoms with Gasteiger partial charge in [-0.15, -0.1) is 0 Å². The van der Waals surface area contributed by atoms with E-state index in [2.05, 4.69) is 10.3 Å². The van der Waals surface area contributed by atoms with Crippen LogP contribution in [-0.4, -0.2) is 32.3 Å².